The van der Waals surface area contributed by atoms with Crippen LogP contribution in [0, 0.1) is 6.92 Å². The molecule has 0 radical (unpaired) electrons. The van der Waals surface area contributed by atoms with Crippen molar-refractivity contribution in [3.05, 3.63) is 42.1 Å². The third-order valence-electron chi connectivity index (χ3n) is 2.38. The van der Waals surface area contributed by atoms with Crippen LogP contribution in [0.5, 0.6) is 0 Å². The predicted molar refractivity (Wildman–Crippen MR) is 57.7 cm³/mol. The van der Waals surface area contributed by atoms with Crippen LogP contribution in [0.1, 0.15) is 18.1 Å². The maximum absolute atomic E-state index is 3.93. The zero-order valence-electron chi connectivity index (χ0n) is 8.02. The quantitative estimate of drug-likeness (QED) is 0.675. The third kappa shape index (κ3) is 1.26. The summed E-state index contributed by atoms with van der Waals surface area (Å²) in [5.74, 6) is 0. The lowest BCUT2D eigenvalue weighted by Gasteiger charge is -1.99. The standard InChI is InChI=1S/C12H13N/c1-8(2)10-4-5-11-9(3)7-13-12(11)6-10/h4-7,13H,1H2,2-3H3. The van der Waals surface area contributed by atoms with Gasteiger partial charge in [0.2, 0.25) is 0 Å². The van der Waals surface area contributed by atoms with Gasteiger partial charge in [0.1, 0.15) is 0 Å². The number of aromatic nitrogens is 1. The molecule has 0 bridgehead atoms. The van der Waals surface area contributed by atoms with Crippen molar-refractivity contribution in [1.82, 2.24) is 4.98 Å². The van der Waals surface area contributed by atoms with E-state index in [1.165, 1.54) is 22.0 Å². The predicted octanol–water partition coefficient (Wildman–Crippen LogP) is 3.51. The van der Waals surface area contributed by atoms with Crippen molar-refractivity contribution >= 4 is 16.5 Å². The van der Waals surface area contributed by atoms with Crippen LogP contribution in [0.3, 0.4) is 0 Å². The number of allylic oxidation sites excluding steroid dienone is 1. The topological polar surface area (TPSA) is 15.8 Å². The Bertz CT molecular complexity index is 463. The Kier molecular flexibility index (Phi) is 1.73. The van der Waals surface area contributed by atoms with Crippen LogP contribution in [0.15, 0.2) is 31.0 Å². The number of fused-ring (bicyclic) bond motifs is 1. The van der Waals surface area contributed by atoms with E-state index >= 15 is 0 Å². The number of benzene rings is 1. The fraction of sp³-hybridized carbons (Fsp3) is 0.167. The van der Waals surface area contributed by atoms with Gasteiger partial charge >= 0.3 is 0 Å². The van der Waals surface area contributed by atoms with E-state index in [0.29, 0.717) is 0 Å². The maximum Gasteiger partial charge on any atom is 0.0462 e. The Morgan fingerprint density at radius 1 is 1.38 bits per heavy atom. The molecule has 0 aliphatic rings. The molecular weight excluding hydrogens is 158 g/mol. The first-order valence-electron chi connectivity index (χ1n) is 4.42. The molecule has 0 fully saturated rings. The van der Waals surface area contributed by atoms with E-state index in [9.17, 15) is 0 Å². The van der Waals surface area contributed by atoms with Crippen molar-refractivity contribution in [2.24, 2.45) is 0 Å². The molecular formula is C12H13N. The number of aryl methyl sites for hydroxylation is 1. The summed E-state index contributed by atoms with van der Waals surface area (Å²) in [6.07, 6.45) is 2.03. The third-order valence-corrected chi connectivity index (χ3v) is 2.38. The van der Waals surface area contributed by atoms with Gasteiger partial charge in [-0.3, -0.25) is 0 Å². The Hall–Kier alpha value is -1.50. The SMILES string of the molecule is C=C(C)c1ccc2c(C)c[nH]c2c1. The van der Waals surface area contributed by atoms with Crippen molar-refractivity contribution in [2.75, 3.05) is 0 Å². The highest BCUT2D eigenvalue weighted by molar-refractivity contribution is 5.86. The lowest BCUT2D eigenvalue weighted by atomic mass is 10.1. The minimum atomic E-state index is 1.11. The molecule has 1 heteroatoms. The molecule has 1 heterocycles. The smallest absolute Gasteiger partial charge is 0.0462 e. The number of rotatable bonds is 1. The molecule has 0 saturated carbocycles. The number of aromatic amines is 1. The molecule has 0 unspecified atom stereocenters. The molecule has 0 atom stereocenters. The Morgan fingerprint density at radius 2 is 2.15 bits per heavy atom. The summed E-state index contributed by atoms with van der Waals surface area (Å²) in [4.78, 5) is 3.24. The molecule has 13 heavy (non-hydrogen) atoms. The molecule has 1 aromatic heterocycles. The molecule has 0 aliphatic heterocycles. The van der Waals surface area contributed by atoms with E-state index in [2.05, 4.69) is 36.7 Å². The van der Waals surface area contributed by atoms with E-state index in [1.54, 1.807) is 0 Å². The zero-order valence-corrected chi connectivity index (χ0v) is 8.02. The summed E-state index contributed by atoms with van der Waals surface area (Å²) >= 11 is 0. The Balaban J connectivity index is 2.70. The highest BCUT2D eigenvalue weighted by Crippen LogP contribution is 2.21. The molecule has 1 aromatic carbocycles. The van der Waals surface area contributed by atoms with E-state index in [-0.39, 0.29) is 0 Å². The lowest BCUT2D eigenvalue weighted by molar-refractivity contribution is 1.42. The fourth-order valence-electron chi connectivity index (χ4n) is 1.54. The molecule has 0 spiro atoms. The highest BCUT2D eigenvalue weighted by atomic mass is 14.7. The van der Waals surface area contributed by atoms with Crippen molar-refractivity contribution in [1.29, 1.82) is 0 Å². The first-order chi connectivity index (χ1) is 6.18. The summed E-state index contributed by atoms with van der Waals surface area (Å²) in [5.41, 5.74) is 4.80. The first-order valence-corrected chi connectivity index (χ1v) is 4.42. The van der Waals surface area contributed by atoms with Gasteiger partial charge in [-0.05, 0) is 31.0 Å². The summed E-state index contributed by atoms with van der Waals surface area (Å²) < 4.78 is 0. The number of hydrogen-bond acceptors (Lipinski definition) is 0. The number of hydrogen-bond donors (Lipinski definition) is 1. The summed E-state index contributed by atoms with van der Waals surface area (Å²) in [7, 11) is 0. The molecule has 0 amide bonds. The van der Waals surface area contributed by atoms with E-state index in [1.807, 2.05) is 13.1 Å². The molecule has 2 aromatic rings. The van der Waals surface area contributed by atoms with Crippen molar-refractivity contribution in [2.45, 2.75) is 13.8 Å². The van der Waals surface area contributed by atoms with Crippen molar-refractivity contribution < 1.29 is 0 Å². The molecule has 66 valence electrons. The number of nitrogens with one attached hydrogen (secondary N) is 1. The Morgan fingerprint density at radius 3 is 2.85 bits per heavy atom. The maximum atomic E-state index is 3.93. The van der Waals surface area contributed by atoms with E-state index in [0.717, 1.165) is 5.57 Å². The van der Waals surface area contributed by atoms with Gasteiger partial charge in [0.05, 0.1) is 0 Å². The van der Waals surface area contributed by atoms with Crippen LogP contribution in [-0.4, -0.2) is 4.98 Å². The highest BCUT2D eigenvalue weighted by Gasteiger charge is 2.00. The average molecular weight is 171 g/mol. The number of H-pyrrole nitrogens is 1. The van der Waals surface area contributed by atoms with Gasteiger partial charge in [-0.25, -0.2) is 0 Å². The van der Waals surface area contributed by atoms with Crippen molar-refractivity contribution in [3.63, 3.8) is 0 Å². The van der Waals surface area contributed by atoms with Gasteiger partial charge in [-0.1, -0.05) is 24.3 Å². The van der Waals surface area contributed by atoms with Gasteiger partial charge in [0, 0.05) is 17.1 Å². The van der Waals surface area contributed by atoms with Crippen LogP contribution in [0.4, 0.5) is 0 Å². The second-order valence-corrected chi connectivity index (χ2v) is 3.51. The normalized spacial score (nSPS) is 10.6. The molecule has 0 aliphatic carbocycles. The van der Waals surface area contributed by atoms with Gasteiger partial charge in [-0.2, -0.15) is 0 Å². The van der Waals surface area contributed by atoms with Crippen LogP contribution < -0.4 is 0 Å². The molecule has 1 nitrogen and oxygen atoms in total. The molecule has 1 N–H and O–H groups in total. The van der Waals surface area contributed by atoms with Crippen LogP contribution in [-0.2, 0) is 0 Å². The second kappa shape index (κ2) is 2.77. The average Bonchev–Trinajstić information content (AvgIpc) is 2.47. The van der Waals surface area contributed by atoms with Gasteiger partial charge in [0.15, 0.2) is 0 Å². The molecule has 2 rings (SSSR count). The summed E-state index contributed by atoms with van der Waals surface area (Å²) in [6, 6.07) is 6.40. The largest absolute Gasteiger partial charge is 0.361 e. The van der Waals surface area contributed by atoms with Crippen LogP contribution in [0.25, 0.3) is 16.5 Å². The lowest BCUT2D eigenvalue weighted by Crippen LogP contribution is -1.77. The minimum absolute atomic E-state index is 1.11. The molecule has 0 saturated heterocycles. The Labute approximate surface area is 78.1 Å². The zero-order chi connectivity index (χ0) is 9.42. The van der Waals surface area contributed by atoms with E-state index in [4.69, 9.17) is 0 Å². The summed E-state index contributed by atoms with van der Waals surface area (Å²) in [5, 5.41) is 1.30. The van der Waals surface area contributed by atoms with Gasteiger partial charge in [0.25, 0.3) is 0 Å². The second-order valence-electron chi connectivity index (χ2n) is 3.51. The monoisotopic (exact) mass is 171 g/mol. The van der Waals surface area contributed by atoms with Crippen LogP contribution in [0.2, 0.25) is 0 Å². The summed E-state index contributed by atoms with van der Waals surface area (Å²) in [6.45, 7) is 8.06. The van der Waals surface area contributed by atoms with E-state index < -0.39 is 0 Å². The fourth-order valence-corrected chi connectivity index (χ4v) is 1.54. The van der Waals surface area contributed by atoms with Gasteiger partial charge < -0.3 is 4.98 Å². The first kappa shape index (κ1) is 8.11. The van der Waals surface area contributed by atoms with Gasteiger partial charge in [-0.15, -0.1) is 0 Å². The van der Waals surface area contributed by atoms with Crippen LogP contribution >= 0.6 is 0 Å². The minimum Gasteiger partial charge on any atom is -0.361 e. The van der Waals surface area contributed by atoms with Crippen molar-refractivity contribution in [3.8, 4) is 0 Å².